The molecule has 3 rings (SSSR count). The molecule has 24 heavy (non-hydrogen) atoms. The molecule has 2 aromatic heterocycles. The van der Waals surface area contributed by atoms with Crippen LogP contribution in [0.4, 0.5) is 5.82 Å². The van der Waals surface area contributed by atoms with E-state index >= 15 is 0 Å². The summed E-state index contributed by atoms with van der Waals surface area (Å²) in [4.78, 5) is 21.9. The molecule has 0 aromatic carbocycles. The monoisotopic (exact) mass is 345 g/mol. The van der Waals surface area contributed by atoms with Gasteiger partial charge in [-0.15, -0.1) is 0 Å². The Hall–Kier alpha value is -2.18. The third-order valence-electron chi connectivity index (χ3n) is 4.46. The summed E-state index contributed by atoms with van der Waals surface area (Å²) in [5.74, 6) is 0.457. The van der Waals surface area contributed by atoms with Gasteiger partial charge in [-0.3, -0.25) is 14.7 Å². The molecule has 0 spiro atoms. The number of amides is 1. The molecule has 1 aliphatic heterocycles. The topological polar surface area (TPSA) is 84.1 Å². The summed E-state index contributed by atoms with van der Waals surface area (Å²) in [6, 6.07) is 5.93. The Labute approximate surface area is 146 Å². The normalized spacial score (nSPS) is 20.9. The third-order valence-corrected chi connectivity index (χ3v) is 4.75. The number of nitrogens with zero attached hydrogens (tertiary/aromatic N) is 3. The zero-order valence-corrected chi connectivity index (χ0v) is 14.2. The van der Waals surface area contributed by atoms with Gasteiger partial charge in [0.25, 0.3) is 0 Å². The zero-order chi connectivity index (χ0) is 17.1. The number of carbonyl (C=O) groups is 1. The molecule has 2 aromatic rings. The maximum absolute atomic E-state index is 11.2. The van der Waals surface area contributed by atoms with Gasteiger partial charge in [0, 0.05) is 31.2 Å². The second kappa shape index (κ2) is 7.15. The van der Waals surface area contributed by atoms with E-state index in [1.54, 1.807) is 12.3 Å². The molecule has 6 nitrogen and oxygen atoms in total. The molecule has 1 aliphatic rings. The number of halogens is 1. The lowest BCUT2D eigenvalue weighted by Gasteiger charge is -2.25. The highest BCUT2D eigenvalue weighted by molar-refractivity contribution is 6.33. The minimum absolute atomic E-state index is 0.305. The van der Waals surface area contributed by atoms with Crippen LogP contribution in [0.15, 0.2) is 36.8 Å². The van der Waals surface area contributed by atoms with Gasteiger partial charge in [0.2, 0.25) is 5.91 Å². The van der Waals surface area contributed by atoms with Crippen molar-refractivity contribution in [3.63, 3.8) is 0 Å². The molecule has 0 bridgehead atoms. The van der Waals surface area contributed by atoms with E-state index in [0.29, 0.717) is 28.4 Å². The van der Waals surface area contributed by atoms with Crippen LogP contribution in [0.3, 0.4) is 0 Å². The summed E-state index contributed by atoms with van der Waals surface area (Å²) in [5.41, 5.74) is 6.75. The molecule has 0 radical (unpaired) electrons. The summed E-state index contributed by atoms with van der Waals surface area (Å²) >= 11 is 6.19. The molecular formula is C17H20ClN5O. The van der Waals surface area contributed by atoms with Crippen molar-refractivity contribution in [3.05, 3.63) is 52.9 Å². The van der Waals surface area contributed by atoms with E-state index in [-0.39, 0.29) is 0 Å². The van der Waals surface area contributed by atoms with E-state index in [4.69, 9.17) is 17.3 Å². The van der Waals surface area contributed by atoms with Crippen LogP contribution < -0.4 is 11.1 Å². The van der Waals surface area contributed by atoms with E-state index in [1.807, 2.05) is 12.3 Å². The highest BCUT2D eigenvalue weighted by Crippen LogP contribution is 2.36. The van der Waals surface area contributed by atoms with Crippen molar-refractivity contribution in [2.75, 3.05) is 25.5 Å². The molecule has 0 unspecified atom stereocenters. The van der Waals surface area contributed by atoms with Crippen LogP contribution in [-0.2, 0) is 0 Å². The average molecular weight is 346 g/mol. The Morgan fingerprint density at radius 3 is 3.00 bits per heavy atom. The minimum Gasteiger partial charge on any atom is -0.368 e. The first-order valence-corrected chi connectivity index (χ1v) is 8.23. The maximum Gasteiger partial charge on any atom is 0.250 e. The first kappa shape index (κ1) is 16.7. The van der Waals surface area contributed by atoms with Gasteiger partial charge in [0.05, 0.1) is 10.6 Å². The first-order chi connectivity index (χ1) is 11.6. The fourth-order valence-electron chi connectivity index (χ4n) is 3.25. The predicted octanol–water partition coefficient (Wildman–Crippen LogP) is 2.33. The Morgan fingerprint density at radius 1 is 1.50 bits per heavy atom. The van der Waals surface area contributed by atoms with Gasteiger partial charge in [-0.25, -0.2) is 4.98 Å². The largest absolute Gasteiger partial charge is 0.368 e. The standard InChI is InChI=1S/C17H20ClN5O/c1-23-6-4-12(15(23)11-3-2-5-20-8-11)9-21-17-14(18)7-13(10-22-17)16(19)24/h2-3,5,7-8,10,12,15H,4,6,9H2,1H3,(H2,19,24)(H,21,22)/t12-,15-/m0/s1. The number of carbonyl (C=O) groups excluding carboxylic acids is 1. The van der Waals surface area contributed by atoms with Crippen molar-refractivity contribution >= 4 is 23.3 Å². The summed E-state index contributed by atoms with van der Waals surface area (Å²) in [6.45, 7) is 1.78. The molecule has 3 heterocycles. The predicted molar refractivity (Wildman–Crippen MR) is 94.0 cm³/mol. The van der Waals surface area contributed by atoms with Gasteiger partial charge in [0.15, 0.2) is 0 Å². The van der Waals surface area contributed by atoms with E-state index in [0.717, 1.165) is 19.5 Å². The second-order valence-corrected chi connectivity index (χ2v) is 6.47. The molecule has 2 atom stereocenters. The smallest absolute Gasteiger partial charge is 0.250 e. The number of aromatic nitrogens is 2. The number of rotatable bonds is 5. The van der Waals surface area contributed by atoms with Crippen molar-refractivity contribution in [1.29, 1.82) is 0 Å². The molecule has 3 N–H and O–H groups in total. The number of hydrogen-bond donors (Lipinski definition) is 2. The Morgan fingerprint density at radius 2 is 2.33 bits per heavy atom. The number of nitrogens with one attached hydrogen (secondary N) is 1. The van der Waals surface area contributed by atoms with Crippen LogP contribution >= 0.6 is 11.6 Å². The summed E-state index contributed by atoms with van der Waals surface area (Å²) in [6.07, 6.45) is 6.23. The molecule has 7 heteroatoms. The van der Waals surface area contributed by atoms with Crippen LogP contribution in [0.2, 0.25) is 5.02 Å². The number of hydrogen-bond acceptors (Lipinski definition) is 5. The molecule has 1 fully saturated rings. The lowest BCUT2D eigenvalue weighted by molar-refractivity contribution is 0.1000. The van der Waals surface area contributed by atoms with Crippen LogP contribution in [0.5, 0.6) is 0 Å². The third kappa shape index (κ3) is 3.49. The van der Waals surface area contributed by atoms with Crippen LogP contribution in [0.25, 0.3) is 0 Å². The number of likely N-dealkylation sites (tertiary alicyclic amines) is 1. The lowest BCUT2D eigenvalue weighted by Crippen LogP contribution is -2.25. The Bertz CT molecular complexity index is 724. The van der Waals surface area contributed by atoms with E-state index in [1.165, 1.54) is 11.8 Å². The summed E-state index contributed by atoms with van der Waals surface area (Å²) < 4.78 is 0. The van der Waals surface area contributed by atoms with Gasteiger partial charge in [-0.05, 0) is 43.6 Å². The number of nitrogens with two attached hydrogens (primary N) is 1. The number of pyridine rings is 2. The molecular weight excluding hydrogens is 326 g/mol. The molecule has 0 aliphatic carbocycles. The van der Waals surface area contributed by atoms with Gasteiger partial charge in [-0.2, -0.15) is 0 Å². The van der Waals surface area contributed by atoms with Gasteiger partial charge in [-0.1, -0.05) is 17.7 Å². The van der Waals surface area contributed by atoms with Gasteiger partial charge < -0.3 is 11.1 Å². The highest BCUT2D eigenvalue weighted by Gasteiger charge is 2.33. The lowest BCUT2D eigenvalue weighted by atomic mass is 9.95. The van der Waals surface area contributed by atoms with Gasteiger partial charge in [0.1, 0.15) is 5.82 Å². The van der Waals surface area contributed by atoms with Crippen molar-refractivity contribution in [3.8, 4) is 0 Å². The first-order valence-electron chi connectivity index (χ1n) is 7.85. The van der Waals surface area contributed by atoms with Gasteiger partial charge >= 0.3 is 0 Å². The fourth-order valence-corrected chi connectivity index (χ4v) is 3.48. The average Bonchev–Trinajstić information content (AvgIpc) is 2.95. The SMILES string of the molecule is CN1CC[C@@H](CNc2ncc(C(N)=O)cc2Cl)[C@@H]1c1cccnc1. The minimum atomic E-state index is -0.537. The number of primary amides is 1. The van der Waals surface area contributed by atoms with E-state index in [2.05, 4.69) is 33.3 Å². The molecule has 1 saturated heterocycles. The highest BCUT2D eigenvalue weighted by atomic mass is 35.5. The number of anilines is 1. The molecule has 1 amide bonds. The fraction of sp³-hybridized carbons (Fsp3) is 0.353. The Balaban J connectivity index is 1.71. The van der Waals surface area contributed by atoms with Crippen LogP contribution in [0.1, 0.15) is 28.4 Å². The van der Waals surface area contributed by atoms with Crippen molar-refractivity contribution < 1.29 is 4.79 Å². The quantitative estimate of drug-likeness (QED) is 0.868. The molecule has 126 valence electrons. The van der Waals surface area contributed by atoms with Crippen molar-refractivity contribution in [2.24, 2.45) is 11.7 Å². The maximum atomic E-state index is 11.2. The Kier molecular flexibility index (Phi) is 4.97. The summed E-state index contributed by atoms with van der Waals surface area (Å²) in [7, 11) is 2.13. The van der Waals surface area contributed by atoms with E-state index in [9.17, 15) is 4.79 Å². The zero-order valence-electron chi connectivity index (χ0n) is 13.4. The van der Waals surface area contributed by atoms with Crippen LogP contribution in [0, 0.1) is 5.92 Å². The van der Waals surface area contributed by atoms with Crippen LogP contribution in [-0.4, -0.2) is 40.9 Å². The van der Waals surface area contributed by atoms with Crippen molar-refractivity contribution in [2.45, 2.75) is 12.5 Å². The molecule has 0 saturated carbocycles. The van der Waals surface area contributed by atoms with Crippen molar-refractivity contribution in [1.82, 2.24) is 14.9 Å². The summed E-state index contributed by atoms with van der Waals surface area (Å²) in [5, 5.41) is 3.70. The second-order valence-electron chi connectivity index (χ2n) is 6.06. The van der Waals surface area contributed by atoms with E-state index < -0.39 is 5.91 Å².